The van der Waals surface area contributed by atoms with Gasteiger partial charge in [-0.1, -0.05) is 53.5 Å². The molecule has 1 heterocycles. The SMILES string of the molecule is CCCCCN(C)C(C)(C)C(C)(C)c1ccc(C(C)C)nc1. The molecule has 2 nitrogen and oxygen atoms in total. The van der Waals surface area contributed by atoms with Crippen LogP contribution in [0, 0.1) is 0 Å². The third-order valence-corrected chi connectivity index (χ3v) is 5.68. The van der Waals surface area contributed by atoms with E-state index in [-0.39, 0.29) is 11.0 Å². The first-order chi connectivity index (χ1) is 10.1. The van der Waals surface area contributed by atoms with Crippen molar-refractivity contribution in [1.82, 2.24) is 9.88 Å². The Kier molecular flexibility index (Phi) is 6.61. The molecule has 1 aromatic rings. The van der Waals surface area contributed by atoms with Crippen molar-refractivity contribution in [2.24, 2.45) is 0 Å². The highest BCUT2D eigenvalue weighted by atomic mass is 15.2. The Morgan fingerprint density at radius 1 is 1.09 bits per heavy atom. The van der Waals surface area contributed by atoms with E-state index in [1.54, 1.807) is 0 Å². The number of likely N-dealkylation sites (N-methyl/N-ethyl adjacent to an activating group) is 1. The van der Waals surface area contributed by atoms with E-state index in [0.717, 1.165) is 6.54 Å². The quantitative estimate of drug-likeness (QED) is 0.599. The second-order valence-corrected chi connectivity index (χ2v) is 7.94. The highest BCUT2D eigenvalue weighted by Crippen LogP contribution is 2.38. The van der Waals surface area contributed by atoms with Gasteiger partial charge in [0.25, 0.3) is 0 Å². The molecule has 0 aliphatic heterocycles. The van der Waals surface area contributed by atoms with Gasteiger partial charge in [-0.05, 0) is 51.4 Å². The summed E-state index contributed by atoms with van der Waals surface area (Å²) in [5.74, 6) is 0.488. The average molecular weight is 305 g/mol. The molecule has 1 rings (SSSR count). The van der Waals surface area contributed by atoms with Crippen LogP contribution in [-0.4, -0.2) is 29.0 Å². The number of rotatable bonds is 8. The molecule has 1 aromatic heterocycles. The fourth-order valence-corrected chi connectivity index (χ4v) is 2.83. The number of nitrogens with zero attached hydrogens (tertiary/aromatic N) is 2. The molecule has 2 heteroatoms. The molecule has 0 atom stereocenters. The van der Waals surface area contributed by atoms with Crippen LogP contribution in [0.1, 0.15) is 84.9 Å². The van der Waals surface area contributed by atoms with E-state index in [2.05, 4.69) is 83.7 Å². The summed E-state index contributed by atoms with van der Waals surface area (Å²) >= 11 is 0. The molecule has 0 spiro atoms. The van der Waals surface area contributed by atoms with Gasteiger partial charge in [0.15, 0.2) is 0 Å². The standard InChI is InChI=1S/C20H36N2/c1-9-10-11-14-22(8)20(6,7)19(4,5)17-12-13-18(16(2)3)21-15-17/h12-13,15-16H,9-11,14H2,1-8H3. The molecular formula is C20H36N2. The Bertz CT molecular complexity index is 443. The van der Waals surface area contributed by atoms with Crippen LogP contribution >= 0.6 is 0 Å². The van der Waals surface area contributed by atoms with Crippen molar-refractivity contribution >= 4 is 0 Å². The number of pyridine rings is 1. The van der Waals surface area contributed by atoms with E-state index >= 15 is 0 Å². The monoisotopic (exact) mass is 304 g/mol. The van der Waals surface area contributed by atoms with Crippen molar-refractivity contribution < 1.29 is 0 Å². The van der Waals surface area contributed by atoms with E-state index in [0.29, 0.717) is 5.92 Å². The van der Waals surface area contributed by atoms with Gasteiger partial charge in [-0.2, -0.15) is 0 Å². The van der Waals surface area contributed by atoms with Gasteiger partial charge in [0.2, 0.25) is 0 Å². The van der Waals surface area contributed by atoms with Gasteiger partial charge in [0.05, 0.1) is 0 Å². The highest BCUT2D eigenvalue weighted by Gasteiger charge is 2.41. The van der Waals surface area contributed by atoms with Crippen molar-refractivity contribution in [3.63, 3.8) is 0 Å². The van der Waals surface area contributed by atoms with Gasteiger partial charge in [-0.15, -0.1) is 0 Å². The number of aromatic nitrogens is 1. The molecule has 0 aromatic carbocycles. The summed E-state index contributed by atoms with van der Waals surface area (Å²) in [5.41, 5.74) is 2.64. The largest absolute Gasteiger partial charge is 0.300 e. The Morgan fingerprint density at radius 3 is 2.18 bits per heavy atom. The van der Waals surface area contributed by atoms with Crippen LogP contribution in [0.4, 0.5) is 0 Å². The summed E-state index contributed by atoms with van der Waals surface area (Å²) in [6.45, 7) is 17.2. The summed E-state index contributed by atoms with van der Waals surface area (Å²) < 4.78 is 0. The number of hydrogen-bond donors (Lipinski definition) is 0. The van der Waals surface area contributed by atoms with Crippen molar-refractivity contribution in [1.29, 1.82) is 0 Å². The normalized spacial score (nSPS) is 13.2. The first kappa shape index (κ1) is 19.2. The summed E-state index contributed by atoms with van der Waals surface area (Å²) in [5, 5.41) is 0. The van der Waals surface area contributed by atoms with Crippen molar-refractivity contribution in [2.45, 2.75) is 84.6 Å². The molecule has 0 amide bonds. The zero-order chi connectivity index (χ0) is 17.0. The molecule has 0 saturated carbocycles. The summed E-state index contributed by atoms with van der Waals surface area (Å²) in [6, 6.07) is 4.46. The van der Waals surface area contributed by atoms with Crippen LogP contribution in [0.2, 0.25) is 0 Å². The van der Waals surface area contributed by atoms with Crippen molar-refractivity contribution in [3.8, 4) is 0 Å². The topological polar surface area (TPSA) is 16.1 Å². The van der Waals surface area contributed by atoms with Gasteiger partial charge < -0.3 is 4.90 Å². The maximum Gasteiger partial charge on any atom is 0.0429 e. The van der Waals surface area contributed by atoms with Crippen LogP contribution in [-0.2, 0) is 5.41 Å². The van der Waals surface area contributed by atoms with E-state index in [1.807, 2.05) is 0 Å². The summed E-state index contributed by atoms with van der Waals surface area (Å²) in [4.78, 5) is 7.19. The molecule has 0 aliphatic rings. The molecule has 0 saturated heterocycles. The molecule has 0 bridgehead atoms. The van der Waals surface area contributed by atoms with Crippen LogP contribution in [0.5, 0.6) is 0 Å². The smallest absolute Gasteiger partial charge is 0.0429 e. The fourth-order valence-electron chi connectivity index (χ4n) is 2.83. The molecule has 0 radical (unpaired) electrons. The molecule has 126 valence electrons. The van der Waals surface area contributed by atoms with Crippen LogP contribution in [0.25, 0.3) is 0 Å². The Morgan fingerprint density at radius 2 is 1.73 bits per heavy atom. The molecule has 0 N–H and O–H groups in total. The molecule has 0 fully saturated rings. The second kappa shape index (κ2) is 7.59. The zero-order valence-electron chi connectivity index (χ0n) is 16.0. The maximum atomic E-state index is 4.67. The Balaban J connectivity index is 2.94. The fraction of sp³-hybridized carbons (Fsp3) is 0.750. The third-order valence-electron chi connectivity index (χ3n) is 5.68. The van der Waals surface area contributed by atoms with E-state index in [1.165, 1.54) is 30.5 Å². The minimum Gasteiger partial charge on any atom is -0.300 e. The lowest BCUT2D eigenvalue weighted by Crippen LogP contribution is -2.54. The molecular weight excluding hydrogens is 268 g/mol. The van der Waals surface area contributed by atoms with Gasteiger partial charge in [-0.3, -0.25) is 4.98 Å². The van der Waals surface area contributed by atoms with E-state index in [4.69, 9.17) is 0 Å². The van der Waals surface area contributed by atoms with Crippen molar-refractivity contribution in [3.05, 3.63) is 29.6 Å². The molecule has 0 unspecified atom stereocenters. The third kappa shape index (κ3) is 4.10. The van der Waals surface area contributed by atoms with Crippen LogP contribution < -0.4 is 0 Å². The van der Waals surface area contributed by atoms with Crippen molar-refractivity contribution in [2.75, 3.05) is 13.6 Å². The second-order valence-electron chi connectivity index (χ2n) is 7.94. The molecule has 0 aliphatic carbocycles. The summed E-state index contributed by atoms with van der Waals surface area (Å²) in [7, 11) is 2.26. The first-order valence-corrected chi connectivity index (χ1v) is 8.82. The zero-order valence-corrected chi connectivity index (χ0v) is 16.0. The maximum absolute atomic E-state index is 4.67. The number of unbranched alkanes of at least 4 members (excludes halogenated alkanes) is 2. The molecule has 22 heavy (non-hydrogen) atoms. The predicted molar refractivity (Wildman–Crippen MR) is 97.6 cm³/mol. The minimum absolute atomic E-state index is 0.0521. The van der Waals surface area contributed by atoms with Gasteiger partial charge in [0.1, 0.15) is 0 Å². The number of hydrogen-bond acceptors (Lipinski definition) is 2. The van der Waals surface area contributed by atoms with Gasteiger partial charge in [0, 0.05) is 22.8 Å². The lowest BCUT2D eigenvalue weighted by Gasteiger charge is -2.48. The lowest BCUT2D eigenvalue weighted by atomic mass is 9.69. The lowest BCUT2D eigenvalue weighted by molar-refractivity contribution is 0.0784. The van der Waals surface area contributed by atoms with Gasteiger partial charge >= 0.3 is 0 Å². The summed E-state index contributed by atoms with van der Waals surface area (Å²) in [6.07, 6.45) is 5.94. The average Bonchev–Trinajstić information content (AvgIpc) is 2.47. The van der Waals surface area contributed by atoms with Crippen LogP contribution in [0.3, 0.4) is 0 Å². The Labute approximate surface area is 138 Å². The first-order valence-electron chi connectivity index (χ1n) is 8.82. The highest BCUT2D eigenvalue weighted by molar-refractivity contribution is 5.27. The minimum atomic E-state index is 0.0521. The van der Waals surface area contributed by atoms with E-state index < -0.39 is 0 Å². The van der Waals surface area contributed by atoms with Gasteiger partial charge in [-0.25, -0.2) is 0 Å². The predicted octanol–water partition coefficient (Wildman–Crippen LogP) is 5.38. The Hall–Kier alpha value is -0.890. The van der Waals surface area contributed by atoms with Crippen LogP contribution in [0.15, 0.2) is 18.3 Å². The van der Waals surface area contributed by atoms with E-state index in [9.17, 15) is 0 Å².